The molecule has 0 amide bonds. The average Bonchev–Trinajstić information content (AvgIpc) is 3.07. The lowest BCUT2D eigenvalue weighted by atomic mass is 10.2. The lowest BCUT2D eigenvalue weighted by Gasteiger charge is -2.09. The Balaban J connectivity index is 1.67. The first-order chi connectivity index (χ1) is 12.8. The Hall–Kier alpha value is -3.61. The van der Waals surface area contributed by atoms with Crippen molar-refractivity contribution in [3.05, 3.63) is 54.4 Å². The molecule has 0 radical (unpaired) electrons. The molecule has 0 aliphatic heterocycles. The van der Waals surface area contributed by atoms with Crippen LogP contribution in [0.5, 0.6) is 11.5 Å². The number of hydrogen-bond acceptors (Lipinski definition) is 6. The molecule has 0 saturated carbocycles. The summed E-state index contributed by atoms with van der Waals surface area (Å²) < 4.78 is 10.7. The number of hydrazone groups is 1. The van der Waals surface area contributed by atoms with Gasteiger partial charge in [0, 0.05) is 16.5 Å². The van der Waals surface area contributed by atoms with Crippen molar-refractivity contribution in [3.8, 4) is 11.5 Å². The molecule has 0 saturated heterocycles. The molecule has 0 bridgehead atoms. The number of H-pyrrole nitrogens is 1. The summed E-state index contributed by atoms with van der Waals surface area (Å²) in [4.78, 5) is 12.0. The van der Waals surface area contributed by atoms with Crippen LogP contribution >= 0.6 is 0 Å². The number of ether oxygens (including phenoxy) is 2. The molecule has 0 atom stereocenters. The Morgan fingerprint density at radius 3 is 2.77 bits per heavy atom. The maximum atomic E-state index is 5.40. The van der Waals surface area contributed by atoms with Crippen molar-refractivity contribution in [1.82, 2.24) is 15.0 Å². The Bertz CT molecular complexity index is 1100. The number of nitrogens with zero attached hydrogens (tertiary/aromatic N) is 3. The molecule has 0 fully saturated rings. The predicted octanol–water partition coefficient (Wildman–Crippen LogP) is 3.57. The van der Waals surface area contributed by atoms with Crippen LogP contribution in [-0.2, 0) is 0 Å². The molecule has 26 heavy (non-hydrogen) atoms. The van der Waals surface area contributed by atoms with Crippen molar-refractivity contribution in [2.45, 2.75) is 0 Å². The maximum Gasteiger partial charge on any atom is 0.174 e. The summed E-state index contributed by atoms with van der Waals surface area (Å²) in [6.45, 7) is 0. The fraction of sp³-hybridized carbons (Fsp3) is 0.105. The van der Waals surface area contributed by atoms with Crippen LogP contribution in [0.4, 0.5) is 5.82 Å². The second-order valence-electron chi connectivity index (χ2n) is 5.57. The standard InChI is InChI=1S/C19H17N5O2/c1-25-15-9-5-6-12(18(15)26-2)10-22-24-19-17-16(20-11-21-19)13-7-3-4-8-14(13)23-17/h3-11,23H,1-2H3,(H,20,21,24). The van der Waals surface area contributed by atoms with Crippen LogP contribution in [0.1, 0.15) is 5.56 Å². The van der Waals surface area contributed by atoms with Crippen LogP contribution in [0.3, 0.4) is 0 Å². The number of rotatable bonds is 5. The number of aromatic amines is 1. The third kappa shape index (κ3) is 2.69. The second-order valence-corrected chi connectivity index (χ2v) is 5.57. The van der Waals surface area contributed by atoms with Crippen molar-refractivity contribution < 1.29 is 9.47 Å². The molecule has 2 aromatic heterocycles. The van der Waals surface area contributed by atoms with Crippen LogP contribution < -0.4 is 14.9 Å². The van der Waals surface area contributed by atoms with Gasteiger partial charge in [-0.3, -0.25) is 5.43 Å². The molecule has 2 heterocycles. The van der Waals surface area contributed by atoms with Gasteiger partial charge in [0.1, 0.15) is 17.4 Å². The van der Waals surface area contributed by atoms with Gasteiger partial charge in [-0.2, -0.15) is 5.10 Å². The zero-order valence-corrected chi connectivity index (χ0v) is 14.4. The smallest absolute Gasteiger partial charge is 0.174 e. The van der Waals surface area contributed by atoms with Gasteiger partial charge < -0.3 is 14.5 Å². The highest BCUT2D eigenvalue weighted by molar-refractivity contribution is 6.08. The predicted molar refractivity (Wildman–Crippen MR) is 102 cm³/mol. The molecule has 130 valence electrons. The molecule has 0 unspecified atom stereocenters. The Morgan fingerprint density at radius 1 is 1.04 bits per heavy atom. The van der Waals surface area contributed by atoms with Crippen LogP contribution in [0.2, 0.25) is 0 Å². The molecule has 2 N–H and O–H groups in total. The van der Waals surface area contributed by atoms with E-state index in [0.29, 0.717) is 17.3 Å². The zero-order chi connectivity index (χ0) is 17.9. The summed E-state index contributed by atoms with van der Waals surface area (Å²) in [6.07, 6.45) is 3.19. The summed E-state index contributed by atoms with van der Waals surface area (Å²) in [5.74, 6) is 1.87. The number of methoxy groups -OCH3 is 2. The van der Waals surface area contributed by atoms with Crippen molar-refractivity contribution in [1.29, 1.82) is 0 Å². The highest BCUT2D eigenvalue weighted by Crippen LogP contribution is 2.30. The molecular weight excluding hydrogens is 330 g/mol. The largest absolute Gasteiger partial charge is 0.493 e. The number of nitrogens with one attached hydrogen (secondary N) is 2. The number of aromatic nitrogens is 3. The Kier molecular flexibility index (Phi) is 4.10. The van der Waals surface area contributed by atoms with Gasteiger partial charge in [0.15, 0.2) is 17.3 Å². The number of anilines is 1. The van der Waals surface area contributed by atoms with E-state index >= 15 is 0 Å². The Labute approximate surface area is 149 Å². The fourth-order valence-corrected chi connectivity index (χ4v) is 2.90. The minimum atomic E-state index is 0.601. The normalized spacial score (nSPS) is 11.3. The lowest BCUT2D eigenvalue weighted by molar-refractivity contribution is 0.354. The van der Waals surface area contributed by atoms with Gasteiger partial charge in [-0.05, 0) is 18.2 Å². The number of para-hydroxylation sites is 2. The van der Waals surface area contributed by atoms with Crippen molar-refractivity contribution in [2.24, 2.45) is 5.10 Å². The van der Waals surface area contributed by atoms with E-state index in [4.69, 9.17) is 9.47 Å². The summed E-state index contributed by atoms with van der Waals surface area (Å²) in [5.41, 5.74) is 6.44. The van der Waals surface area contributed by atoms with Crippen LogP contribution in [0.15, 0.2) is 53.9 Å². The van der Waals surface area contributed by atoms with Gasteiger partial charge in [-0.1, -0.05) is 24.3 Å². The van der Waals surface area contributed by atoms with Crippen LogP contribution in [0.25, 0.3) is 21.9 Å². The third-order valence-electron chi connectivity index (χ3n) is 4.10. The minimum Gasteiger partial charge on any atom is -0.493 e. The third-order valence-corrected chi connectivity index (χ3v) is 4.10. The van der Waals surface area contributed by atoms with E-state index in [1.807, 2.05) is 42.5 Å². The number of hydrogen-bond donors (Lipinski definition) is 2. The first kappa shape index (κ1) is 15.9. The summed E-state index contributed by atoms with van der Waals surface area (Å²) >= 11 is 0. The minimum absolute atomic E-state index is 0.601. The summed E-state index contributed by atoms with van der Waals surface area (Å²) in [7, 11) is 3.20. The monoisotopic (exact) mass is 347 g/mol. The SMILES string of the molecule is COc1cccc(C=NNc2ncnc3c2[nH]c2ccccc23)c1OC. The van der Waals surface area contributed by atoms with Gasteiger partial charge in [0.05, 0.1) is 20.4 Å². The van der Waals surface area contributed by atoms with E-state index in [1.54, 1.807) is 20.4 Å². The quantitative estimate of drug-likeness (QED) is 0.426. The van der Waals surface area contributed by atoms with Crippen molar-refractivity contribution in [2.75, 3.05) is 19.6 Å². The van der Waals surface area contributed by atoms with E-state index in [0.717, 1.165) is 27.5 Å². The van der Waals surface area contributed by atoms with E-state index < -0.39 is 0 Å². The molecular formula is C19H17N5O2. The molecule has 0 spiro atoms. The van der Waals surface area contributed by atoms with E-state index in [1.165, 1.54) is 6.33 Å². The molecule has 0 aliphatic rings. The molecule has 7 nitrogen and oxygen atoms in total. The topological polar surface area (TPSA) is 84.4 Å². The van der Waals surface area contributed by atoms with Gasteiger partial charge in [0.25, 0.3) is 0 Å². The maximum absolute atomic E-state index is 5.40. The summed E-state index contributed by atoms with van der Waals surface area (Å²) in [5, 5.41) is 5.34. The van der Waals surface area contributed by atoms with E-state index in [2.05, 4.69) is 25.5 Å². The zero-order valence-electron chi connectivity index (χ0n) is 14.4. The van der Waals surface area contributed by atoms with Gasteiger partial charge in [-0.15, -0.1) is 0 Å². The number of fused-ring (bicyclic) bond motifs is 3. The molecule has 4 aromatic rings. The van der Waals surface area contributed by atoms with Gasteiger partial charge >= 0.3 is 0 Å². The van der Waals surface area contributed by atoms with Crippen LogP contribution in [-0.4, -0.2) is 35.4 Å². The van der Waals surface area contributed by atoms with Crippen molar-refractivity contribution in [3.63, 3.8) is 0 Å². The molecule has 4 rings (SSSR count). The first-order valence-electron chi connectivity index (χ1n) is 8.03. The van der Waals surface area contributed by atoms with Crippen LogP contribution in [0, 0.1) is 0 Å². The first-order valence-corrected chi connectivity index (χ1v) is 8.03. The van der Waals surface area contributed by atoms with Crippen molar-refractivity contribution >= 4 is 34.0 Å². The van der Waals surface area contributed by atoms with Gasteiger partial charge in [0.2, 0.25) is 0 Å². The molecule has 0 aliphatic carbocycles. The van der Waals surface area contributed by atoms with E-state index in [-0.39, 0.29) is 0 Å². The summed E-state index contributed by atoms with van der Waals surface area (Å²) in [6, 6.07) is 13.6. The highest BCUT2D eigenvalue weighted by Gasteiger charge is 2.10. The van der Waals surface area contributed by atoms with E-state index in [9.17, 15) is 0 Å². The number of benzene rings is 2. The molecule has 7 heteroatoms. The average molecular weight is 347 g/mol. The Morgan fingerprint density at radius 2 is 1.92 bits per heavy atom. The molecule has 2 aromatic carbocycles. The van der Waals surface area contributed by atoms with Gasteiger partial charge in [-0.25, -0.2) is 9.97 Å². The lowest BCUT2D eigenvalue weighted by Crippen LogP contribution is -1.98. The second kappa shape index (κ2) is 6.72. The highest BCUT2D eigenvalue weighted by atomic mass is 16.5. The fourth-order valence-electron chi connectivity index (χ4n) is 2.90.